The Kier molecular flexibility index (Phi) is 8.21. The summed E-state index contributed by atoms with van der Waals surface area (Å²) >= 11 is 0. The molecule has 2 heterocycles. The average molecular weight is 484 g/mol. The van der Waals surface area contributed by atoms with E-state index in [-0.39, 0.29) is 24.0 Å². The lowest BCUT2D eigenvalue weighted by Gasteiger charge is -2.37. The molecular weight excluding hydrogens is 455 g/mol. The van der Waals surface area contributed by atoms with Gasteiger partial charge in [0.1, 0.15) is 5.75 Å². The highest BCUT2D eigenvalue weighted by Gasteiger charge is 2.20. The van der Waals surface area contributed by atoms with Gasteiger partial charge in [0.2, 0.25) is 0 Å². The van der Waals surface area contributed by atoms with Gasteiger partial charge in [-0.1, -0.05) is 6.07 Å². The number of hydrogen-bond donors (Lipinski definition) is 1. The fourth-order valence-electron chi connectivity index (χ4n) is 3.13. The van der Waals surface area contributed by atoms with Gasteiger partial charge in [-0.2, -0.15) is 5.10 Å². The first-order valence-corrected chi connectivity index (χ1v) is 9.09. The molecule has 0 saturated carbocycles. The highest BCUT2D eigenvalue weighted by Crippen LogP contribution is 2.22. The lowest BCUT2D eigenvalue weighted by molar-refractivity contribution is 0.372. The van der Waals surface area contributed by atoms with Crippen molar-refractivity contribution >= 4 is 35.6 Å². The van der Waals surface area contributed by atoms with Gasteiger partial charge in [-0.25, -0.2) is 4.99 Å². The Morgan fingerprint density at radius 3 is 2.67 bits per heavy atom. The minimum absolute atomic E-state index is 0. The number of methoxy groups -OCH3 is 1. The molecule has 0 amide bonds. The number of anilines is 1. The number of halogens is 1. The average Bonchev–Trinajstić information content (AvgIpc) is 3.10. The number of hydrogen-bond acceptors (Lipinski definition) is 4. The lowest BCUT2D eigenvalue weighted by atomic mass is 10.2. The molecule has 0 unspecified atom stereocenters. The maximum absolute atomic E-state index is 5.34. The first kappa shape index (κ1) is 21.3. The van der Waals surface area contributed by atoms with Crippen LogP contribution in [0.1, 0.15) is 12.5 Å². The minimum Gasteiger partial charge on any atom is -0.497 e. The molecule has 8 heteroatoms. The fourth-order valence-corrected chi connectivity index (χ4v) is 3.13. The van der Waals surface area contributed by atoms with Gasteiger partial charge >= 0.3 is 0 Å². The van der Waals surface area contributed by atoms with Crippen LogP contribution in [0.25, 0.3) is 0 Å². The number of guanidine groups is 1. The van der Waals surface area contributed by atoms with Crippen molar-refractivity contribution < 1.29 is 4.74 Å². The maximum Gasteiger partial charge on any atom is 0.194 e. The quantitative estimate of drug-likeness (QED) is 0.401. The summed E-state index contributed by atoms with van der Waals surface area (Å²) in [5.74, 6) is 1.87. The van der Waals surface area contributed by atoms with Crippen molar-refractivity contribution in [3.8, 4) is 5.75 Å². The van der Waals surface area contributed by atoms with Gasteiger partial charge in [-0.15, -0.1) is 24.0 Å². The third kappa shape index (κ3) is 5.75. The van der Waals surface area contributed by atoms with Crippen LogP contribution in [0.2, 0.25) is 0 Å². The molecule has 0 spiro atoms. The van der Waals surface area contributed by atoms with E-state index in [0.29, 0.717) is 6.54 Å². The molecule has 0 aliphatic carbocycles. The van der Waals surface area contributed by atoms with Crippen LogP contribution < -0.4 is 15.0 Å². The third-order valence-electron chi connectivity index (χ3n) is 4.50. The summed E-state index contributed by atoms with van der Waals surface area (Å²) in [6.45, 7) is 7.42. The second-order valence-corrected chi connectivity index (χ2v) is 6.37. The number of nitrogens with one attached hydrogen (secondary N) is 1. The molecule has 1 fully saturated rings. The van der Waals surface area contributed by atoms with Crippen LogP contribution in [-0.4, -0.2) is 60.5 Å². The number of nitrogens with zero attached hydrogens (tertiary/aromatic N) is 5. The number of aryl methyl sites for hydroxylation is 1. The molecule has 1 aromatic carbocycles. The summed E-state index contributed by atoms with van der Waals surface area (Å²) in [5, 5.41) is 7.62. The molecule has 0 bridgehead atoms. The van der Waals surface area contributed by atoms with Crippen LogP contribution in [-0.2, 0) is 13.6 Å². The van der Waals surface area contributed by atoms with Crippen LogP contribution in [0.3, 0.4) is 0 Å². The Morgan fingerprint density at radius 1 is 1.26 bits per heavy atom. The zero-order valence-corrected chi connectivity index (χ0v) is 18.6. The summed E-state index contributed by atoms with van der Waals surface area (Å²) in [5.41, 5.74) is 2.33. The molecule has 27 heavy (non-hydrogen) atoms. The van der Waals surface area contributed by atoms with E-state index in [9.17, 15) is 0 Å². The van der Waals surface area contributed by atoms with Gasteiger partial charge in [0.15, 0.2) is 5.96 Å². The topological polar surface area (TPSA) is 57.9 Å². The zero-order chi connectivity index (χ0) is 18.4. The van der Waals surface area contributed by atoms with Crippen molar-refractivity contribution in [2.24, 2.45) is 12.0 Å². The summed E-state index contributed by atoms with van der Waals surface area (Å²) in [7, 11) is 3.63. The Labute approximate surface area is 178 Å². The molecule has 1 aliphatic rings. The van der Waals surface area contributed by atoms with Crippen LogP contribution in [0, 0.1) is 0 Å². The smallest absolute Gasteiger partial charge is 0.194 e. The van der Waals surface area contributed by atoms with Crippen molar-refractivity contribution in [2.45, 2.75) is 13.5 Å². The maximum atomic E-state index is 5.34. The summed E-state index contributed by atoms with van der Waals surface area (Å²) in [6, 6.07) is 8.26. The zero-order valence-electron chi connectivity index (χ0n) is 16.3. The SMILES string of the molecule is CCNC(=NCc1cnn(C)c1)N1CCN(c2cccc(OC)c2)CC1.I. The normalized spacial score (nSPS) is 14.7. The first-order valence-electron chi connectivity index (χ1n) is 9.09. The van der Waals surface area contributed by atoms with E-state index in [0.717, 1.165) is 50.0 Å². The van der Waals surface area contributed by atoms with Crippen molar-refractivity contribution in [1.29, 1.82) is 0 Å². The number of aromatic nitrogens is 2. The predicted octanol–water partition coefficient (Wildman–Crippen LogP) is 2.33. The second-order valence-electron chi connectivity index (χ2n) is 6.37. The van der Waals surface area contributed by atoms with E-state index in [1.54, 1.807) is 7.11 Å². The van der Waals surface area contributed by atoms with Crippen molar-refractivity contribution in [3.63, 3.8) is 0 Å². The third-order valence-corrected chi connectivity index (χ3v) is 4.50. The molecule has 0 atom stereocenters. The van der Waals surface area contributed by atoms with E-state index in [1.165, 1.54) is 5.69 Å². The minimum atomic E-state index is 0. The highest BCUT2D eigenvalue weighted by atomic mass is 127. The Balaban J connectivity index is 0.00000261. The summed E-state index contributed by atoms with van der Waals surface area (Å²) in [4.78, 5) is 9.51. The summed E-state index contributed by atoms with van der Waals surface area (Å²) < 4.78 is 7.15. The molecule has 1 aliphatic heterocycles. The lowest BCUT2D eigenvalue weighted by Crippen LogP contribution is -2.52. The molecule has 3 rings (SSSR count). The van der Waals surface area contributed by atoms with Crippen molar-refractivity contribution in [3.05, 3.63) is 42.2 Å². The number of piperazine rings is 1. The van der Waals surface area contributed by atoms with E-state index in [2.05, 4.69) is 39.3 Å². The standard InChI is InChI=1S/C19H28N6O.HI/c1-4-20-19(21-13-16-14-22-23(2)15-16)25-10-8-24(9-11-25)17-6-5-7-18(12-17)26-3;/h5-7,12,14-15H,4,8-11,13H2,1-3H3,(H,20,21);1H. The Hall–Kier alpha value is -1.97. The molecular formula is C19H29IN6O. The van der Waals surface area contributed by atoms with Crippen LogP contribution in [0.4, 0.5) is 5.69 Å². The van der Waals surface area contributed by atoms with Gasteiger partial charge in [0, 0.05) is 63.3 Å². The molecule has 1 N–H and O–H groups in total. The van der Waals surface area contributed by atoms with E-state index < -0.39 is 0 Å². The second kappa shape index (κ2) is 10.4. The van der Waals surface area contributed by atoms with Crippen LogP contribution in [0.15, 0.2) is 41.7 Å². The van der Waals surface area contributed by atoms with Crippen LogP contribution >= 0.6 is 24.0 Å². The molecule has 0 radical (unpaired) electrons. The highest BCUT2D eigenvalue weighted by molar-refractivity contribution is 14.0. The van der Waals surface area contributed by atoms with Gasteiger partial charge in [0.25, 0.3) is 0 Å². The first-order chi connectivity index (χ1) is 12.7. The van der Waals surface area contributed by atoms with Gasteiger partial charge in [-0.05, 0) is 19.1 Å². The van der Waals surface area contributed by atoms with E-state index >= 15 is 0 Å². The van der Waals surface area contributed by atoms with Crippen LogP contribution in [0.5, 0.6) is 5.75 Å². The predicted molar refractivity (Wildman–Crippen MR) is 120 cm³/mol. The Morgan fingerprint density at radius 2 is 2.04 bits per heavy atom. The Bertz CT molecular complexity index is 739. The number of benzene rings is 1. The number of aliphatic imine (C=N–C) groups is 1. The van der Waals surface area contributed by atoms with Gasteiger partial charge in [-0.3, -0.25) is 4.68 Å². The molecule has 7 nitrogen and oxygen atoms in total. The molecule has 2 aromatic rings. The fraction of sp³-hybridized carbons (Fsp3) is 0.474. The molecule has 148 valence electrons. The van der Waals surface area contributed by atoms with E-state index in [4.69, 9.17) is 9.73 Å². The number of rotatable bonds is 5. The molecule has 1 saturated heterocycles. The number of ether oxygens (including phenoxy) is 1. The van der Waals surface area contributed by atoms with Gasteiger partial charge < -0.3 is 19.9 Å². The van der Waals surface area contributed by atoms with E-state index in [1.807, 2.05) is 36.3 Å². The summed E-state index contributed by atoms with van der Waals surface area (Å²) in [6.07, 6.45) is 3.88. The van der Waals surface area contributed by atoms with Gasteiger partial charge in [0.05, 0.1) is 19.9 Å². The monoisotopic (exact) mass is 484 g/mol. The largest absolute Gasteiger partial charge is 0.497 e. The van der Waals surface area contributed by atoms with Crippen molar-refractivity contribution in [1.82, 2.24) is 20.0 Å². The van der Waals surface area contributed by atoms with Crippen molar-refractivity contribution in [2.75, 3.05) is 44.7 Å². The molecule has 1 aromatic heterocycles.